The van der Waals surface area contributed by atoms with E-state index in [0.29, 0.717) is 18.8 Å². The molecule has 3 rings (SSSR count). The quantitative estimate of drug-likeness (QED) is 0.751. The molecule has 0 spiro atoms. The molecule has 0 unspecified atom stereocenters. The Balaban J connectivity index is 0.00000169. The van der Waals surface area contributed by atoms with Crippen LogP contribution in [0, 0.1) is 0 Å². The number of nitrogens with two attached hydrogens (primary N) is 1. The Kier molecular flexibility index (Phi) is 10.1. The lowest BCUT2D eigenvalue weighted by molar-refractivity contribution is 0.0342. The van der Waals surface area contributed by atoms with Gasteiger partial charge in [0.15, 0.2) is 0 Å². The van der Waals surface area contributed by atoms with Crippen molar-refractivity contribution in [1.82, 2.24) is 15.2 Å². The summed E-state index contributed by atoms with van der Waals surface area (Å²) in [6.45, 7) is 5.30. The number of hydrogen-bond donors (Lipinski definition) is 2. The van der Waals surface area contributed by atoms with E-state index in [9.17, 15) is 4.79 Å². The number of hydrogen-bond acceptors (Lipinski definition) is 6. The van der Waals surface area contributed by atoms with Crippen molar-refractivity contribution >= 4 is 42.1 Å². The second kappa shape index (κ2) is 11.5. The molecule has 0 radical (unpaired) electrons. The van der Waals surface area contributed by atoms with E-state index in [-0.39, 0.29) is 30.7 Å². The minimum Gasteiger partial charge on any atom is -0.379 e. The molecule has 1 aliphatic heterocycles. The maximum atomic E-state index is 12.1. The van der Waals surface area contributed by atoms with Crippen molar-refractivity contribution in [2.75, 3.05) is 26.3 Å². The molecule has 3 N–H and O–H groups in total. The molecule has 9 heteroatoms. The zero-order valence-electron chi connectivity index (χ0n) is 14.3. The molecule has 1 aromatic heterocycles. The molecular weight excluding hydrogens is 395 g/mol. The average Bonchev–Trinajstić information content (AvgIpc) is 3.10. The summed E-state index contributed by atoms with van der Waals surface area (Å²) in [7, 11) is 0. The minimum absolute atomic E-state index is 0. The lowest BCUT2D eigenvalue weighted by Gasteiger charge is -2.26. The van der Waals surface area contributed by atoms with Crippen LogP contribution in [0.5, 0.6) is 0 Å². The van der Waals surface area contributed by atoms with Gasteiger partial charge in [0, 0.05) is 38.1 Å². The van der Waals surface area contributed by atoms with Crippen molar-refractivity contribution in [2.45, 2.75) is 19.6 Å². The number of carbonyl (C=O) groups is 1. The molecule has 2 aromatic rings. The molecule has 0 aliphatic carbocycles. The Morgan fingerprint density at radius 2 is 2.00 bits per heavy atom. The maximum Gasteiger partial charge on any atom is 0.271 e. The second-order valence-electron chi connectivity index (χ2n) is 5.72. The molecule has 0 atom stereocenters. The Hall–Kier alpha value is -1.22. The number of nitrogens with zero attached hydrogens (tertiary/aromatic N) is 2. The topological polar surface area (TPSA) is 80.5 Å². The SMILES string of the molecule is Cl.Cl.NCc1nc(C(=O)NCc2cccc(CN3CCOCC3)c2)cs1. The summed E-state index contributed by atoms with van der Waals surface area (Å²) in [5.74, 6) is -0.162. The van der Waals surface area contributed by atoms with Gasteiger partial charge in [-0.15, -0.1) is 36.2 Å². The summed E-state index contributed by atoms with van der Waals surface area (Å²) in [5.41, 5.74) is 8.30. The summed E-state index contributed by atoms with van der Waals surface area (Å²) in [4.78, 5) is 18.7. The van der Waals surface area contributed by atoms with Gasteiger partial charge in [-0.05, 0) is 11.1 Å². The van der Waals surface area contributed by atoms with Crippen LogP contribution in [0.3, 0.4) is 0 Å². The Bertz CT molecular complexity index is 693. The van der Waals surface area contributed by atoms with E-state index in [1.54, 1.807) is 5.38 Å². The number of morpholine rings is 1. The fraction of sp³-hybridized carbons (Fsp3) is 0.412. The van der Waals surface area contributed by atoms with Crippen LogP contribution < -0.4 is 11.1 Å². The van der Waals surface area contributed by atoms with E-state index >= 15 is 0 Å². The molecule has 1 aliphatic rings. The van der Waals surface area contributed by atoms with Crippen LogP contribution in [-0.4, -0.2) is 42.1 Å². The molecule has 144 valence electrons. The first-order valence-corrected chi connectivity index (χ1v) is 8.93. The van der Waals surface area contributed by atoms with Gasteiger partial charge in [0.1, 0.15) is 10.7 Å². The molecule has 26 heavy (non-hydrogen) atoms. The predicted molar refractivity (Wildman–Crippen MR) is 108 cm³/mol. The number of thiazole rings is 1. The van der Waals surface area contributed by atoms with Crippen molar-refractivity contribution in [3.63, 3.8) is 0 Å². The van der Waals surface area contributed by atoms with E-state index in [4.69, 9.17) is 10.5 Å². The summed E-state index contributed by atoms with van der Waals surface area (Å²) in [5, 5.41) is 5.43. The van der Waals surface area contributed by atoms with Crippen LogP contribution in [0.25, 0.3) is 0 Å². The summed E-state index contributed by atoms with van der Waals surface area (Å²) in [6.07, 6.45) is 0. The van der Waals surface area contributed by atoms with Gasteiger partial charge >= 0.3 is 0 Å². The fourth-order valence-corrected chi connectivity index (χ4v) is 3.29. The van der Waals surface area contributed by atoms with Crippen molar-refractivity contribution in [2.24, 2.45) is 5.73 Å². The monoisotopic (exact) mass is 418 g/mol. The van der Waals surface area contributed by atoms with Crippen molar-refractivity contribution in [1.29, 1.82) is 0 Å². The van der Waals surface area contributed by atoms with E-state index in [1.807, 2.05) is 12.1 Å². The molecule has 0 saturated carbocycles. The van der Waals surface area contributed by atoms with E-state index in [0.717, 1.165) is 43.4 Å². The van der Waals surface area contributed by atoms with E-state index in [1.165, 1.54) is 16.9 Å². The number of halogens is 2. The largest absolute Gasteiger partial charge is 0.379 e. The fourth-order valence-electron chi connectivity index (χ4n) is 2.64. The minimum atomic E-state index is -0.162. The van der Waals surface area contributed by atoms with Gasteiger partial charge < -0.3 is 15.8 Å². The van der Waals surface area contributed by atoms with Crippen LogP contribution in [0.4, 0.5) is 0 Å². The van der Waals surface area contributed by atoms with Crippen LogP contribution in [-0.2, 0) is 24.4 Å². The van der Waals surface area contributed by atoms with Crippen LogP contribution in [0.15, 0.2) is 29.6 Å². The molecule has 1 amide bonds. The molecular formula is C17H24Cl2N4O2S. The van der Waals surface area contributed by atoms with Crippen molar-refractivity contribution in [3.05, 3.63) is 51.5 Å². The molecule has 1 saturated heterocycles. The van der Waals surface area contributed by atoms with E-state index < -0.39 is 0 Å². The Morgan fingerprint density at radius 3 is 2.69 bits per heavy atom. The third-order valence-electron chi connectivity index (χ3n) is 3.91. The number of rotatable bonds is 6. The van der Waals surface area contributed by atoms with Gasteiger partial charge in [-0.25, -0.2) is 4.98 Å². The van der Waals surface area contributed by atoms with Crippen molar-refractivity contribution < 1.29 is 9.53 Å². The smallest absolute Gasteiger partial charge is 0.271 e. The third-order valence-corrected chi connectivity index (χ3v) is 4.78. The van der Waals surface area contributed by atoms with Crippen LogP contribution in [0.2, 0.25) is 0 Å². The summed E-state index contributed by atoms with van der Waals surface area (Å²) >= 11 is 1.41. The molecule has 1 aromatic carbocycles. The number of benzene rings is 1. The highest BCUT2D eigenvalue weighted by molar-refractivity contribution is 7.09. The lowest BCUT2D eigenvalue weighted by Crippen LogP contribution is -2.35. The lowest BCUT2D eigenvalue weighted by atomic mass is 10.1. The highest BCUT2D eigenvalue weighted by Gasteiger charge is 2.12. The number of carbonyl (C=O) groups excluding carboxylic acids is 1. The van der Waals surface area contributed by atoms with Gasteiger partial charge in [-0.2, -0.15) is 0 Å². The van der Waals surface area contributed by atoms with Gasteiger partial charge in [0.25, 0.3) is 5.91 Å². The first-order valence-electron chi connectivity index (χ1n) is 8.05. The van der Waals surface area contributed by atoms with Gasteiger partial charge in [-0.3, -0.25) is 9.69 Å². The molecule has 0 bridgehead atoms. The number of aromatic nitrogens is 1. The molecule has 1 fully saturated rings. The van der Waals surface area contributed by atoms with E-state index in [2.05, 4.69) is 27.3 Å². The number of nitrogens with one attached hydrogen (secondary N) is 1. The van der Waals surface area contributed by atoms with Crippen LogP contribution in [0.1, 0.15) is 26.6 Å². The second-order valence-corrected chi connectivity index (χ2v) is 6.66. The highest BCUT2D eigenvalue weighted by Crippen LogP contribution is 2.11. The third kappa shape index (κ3) is 6.50. The summed E-state index contributed by atoms with van der Waals surface area (Å²) < 4.78 is 5.38. The number of amides is 1. The molecule has 2 heterocycles. The predicted octanol–water partition coefficient (Wildman–Crippen LogP) is 2.21. The van der Waals surface area contributed by atoms with Crippen LogP contribution >= 0.6 is 36.2 Å². The average molecular weight is 419 g/mol. The number of ether oxygens (including phenoxy) is 1. The van der Waals surface area contributed by atoms with Gasteiger partial charge in [0.05, 0.1) is 13.2 Å². The Morgan fingerprint density at radius 1 is 1.27 bits per heavy atom. The zero-order chi connectivity index (χ0) is 16.8. The Labute approximate surface area is 169 Å². The first-order chi connectivity index (χ1) is 11.7. The first kappa shape index (κ1) is 22.8. The van der Waals surface area contributed by atoms with Crippen molar-refractivity contribution in [3.8, 4) is 0 Å². The highest BCUT2D eigenvalue weighted by atomic mass is 35.5. The zero-order valence-corrected chi connectivity index (χ0v) is 16.8. The molecule has 6 nitrogen and oxygen atoms in total. The summed E-state index contributed by atoms with van der Waals surface area (Å²) in [6, 6.07) is 8.32. The normalized spacial score (nSPS) is 14.2. The van der Waals surface area contributed by atoms with Gasteiger partial charge in [-0.1, -0.05) is 24.3 Å². The standard InChI is InChI=1S/C17H22N4O2S.2ClH/c18-9-16-20-15(12-24-16)17(22)19-10-13-2-1-3-14(8-13)11-21-4-6-23-7-5-21;;/h1-3,8,12H,4-7,9-11,18H2,(H,19,22);2*1H. The maximum absolute atomic E-state index is 12.1. The van der Waals surface area contributed by atoms with Gasteiger partial charge in [0.2, 0.25) is 0 Å².